The first-order valence-corrected chi connectivity index (χ1v) is 27.6. The van der Waals surface area contributed by atoms with Crippen molar-refractivity contribution < 1.29 is 28.6 Å². The molecule has 0 saturated heterocycles. The molecule has 0 aromatic carbocycles. The number of rotatable bonds is 49. The first kappa shape index (κ1) is 62.6. The van der Waals surface area contributed by atoms with E-state index in [4.69, 9.17) is 14.2 Å². The molecule has 66 heavy (non-hydrogen) atoms. The monoisotopic (exact) mass is 919 g/mol. The van der Waals surface area contributed by atoms with E-state index in [-0.39, 0.29) is 37.5 Å². The van der Waals surface area contributed by atoms with Crippen molar-refractivity contribution in [2.75, 3.05) is 13.2 Å². The van der Waals surface area contributed by atoms with Gasteiger partial charge in [-0.3, -0.25) is 14.4 Å². The Morgan fingerprint density at radius 2 is 0.667 bits per heavy atom. The van der Waals surface area contributed by atoms with E-state index in [0.29, 0.717) is 19.3 Å². The zero-order chi connectivity index (χ0) is 47.9. The van der Waals surface area contributed by atoms with Gasteiger partial charge in [-0.25, -0.2) is 0 Å². The average molecular weight is 919 g/mol. The van der Waals surface area contributed by atoms with Crippen LogP contribution in [0.1, 0.15) is 258 Å². The Balaban J connectivity index is 4.42. The molecular weight excluding hydrogens is 817 g/mol. The quantitative estimate of drug-likeness (QED) is 0.0199. The number of unbranched alkanes of at least 4 members (excludes halogenated alkanes) is 26. The second-order valence-electron chi connectivity index (χ2n) is 18.2. The average Bonchev–Trinajstić information content (AvgIpc) is 3.31. The summed E-state index contributed by atoms with van der Waals surface area (Å²) in [7, 11) is 0. The van der Waals surface area contributed by atoms with Crippen molar-refractivity contribution in [1.82, 2.24) is 0 Å². The van der Waals surface area contributed by atoms with Crippen molar-refractivity contribution in [1.29, 1.82) is 0 Å². The van der Waals surface area contributed by atoms with Crippen molar-refractivity contribution in [3.63, 3.8) is 0 Å². The van der Waals surface area contributed by atoms with Crippen molar-refractivity contribution in [3.8, 4) is 0 Å². The van der Waals surface area contributed by atoms with Crippen molar-refractivity contribution in [2.45, 2.75) is 264 Å². The van der Waals surface area contributed by atoms with E-state index in [1.807, 2.05) is 0 Å². The van der Waals surface area contributed by atoms with Crippen LogP contribution < -0.4 is 0 Å². The lowest BCUT2D eigenvalue weighted by Crippen LogP contribution is -2.30. The highest BCUT2D eigenvalue weighted by molar-refractivity contribution is 5.71. The molecule has 1 atom stereocenters. The van der Waals surface area contributed by atoms with Crippen LogP contribution in [-0.2, 0) is 28.6 Å². The molecular formula is C60H102O6. The molecule has 0 aliphatic carbocycles. The molecule has 0 aliphatic rings. The van der Waals surface area contributed by atoms with E-state index in [9.17, 15) is 14.4 Å². The van der Waals surface area contributed by atoms with E-state index in [2.05, 4.69) is 106 Å². The van der Waals surface area contributed by atoms with E-state index in [1.54, 1.807) is 0 Å². The maximum Gasteiger partial charge on any atom is 0.306 e. The van der Waals surface area contributed by atoms with Crippen LogP contribution >= 0.6 is 0 Å². The Bertz CT molecular complexity index is 1290. The molecule has 1 unspecified atom stereocenters. The molecule has 0 amide bonds. The summed E-state index contributed by atoms with van der Waals surface area (Å²) in [6, 6.07) is 0. The van der Waals surface area contributed by atoms with Gasteiger partial charge >= 0.3 is 17.9 Å². The molecule has 0 bridgehead atoms. The van der Waals surface area contributed by atoms with Crippen molar-refractivity contribution in [2.24, 2.45) is 0 Å². The number of ether oxygens (including phenoxy) is 3. The summed E-state index contributed by atoms with van der Waals surface area (Å²) in [6.45, 7) is 6.44. The van der Waals surface area contributed by atoms with E-state index < -0.39 is 6.10 Å². The third-order valence-corrected chi connectivity index (χ3v) is 11.7. The van der Waals surface area contributed by atoms with Crippen LogP contribution in [0.25, 0.3) is 0 Å². The van der Waals surface area contributed by atoms with Crippen LogP contribution in [0.5, 0.6) is 0 Å². The Kier molecular flexibility index (Phi) is 51.4. The predicted molar refractivity (Wildman–Crippen MR) is 284 cm³/mol. The Labute approximate surface area is 407 Å². The first-order chi connectivity index (χ1) is 32.5. The third kappa shape index (κ3) is 51.6. The van der Waals surface area contributed by atoms with Gasteiger partial charge in [-0.1, -0.05) is 228 Å². The lowest BCUT2D eigenvalue weighted by atomic mass is 10.1. The molecule has 6 heteroatoms. The highest BCUT2D eigenvalue weighted by atomic mass is 16.6. The second kappa shape index (κ2) is 54.2. The van der Waals surface area contributed by atoms with Crippen LogP contribution in [0.3, 0.4) is 0 Å². The van der Waals surface area contributed by atoms with Gasteiger partial charge in [-0.05, 0) is 96.3 Å². The van der Waals surface area contributed by atoms with Crippen LogP contribution in [0, 0.1) is 0 Å². The third-order valence-electron chi connectivity index (χ3n) is 11.7. The van der Waals surface area contributed by atoms with Crippen LogP contribution in [0.15, 0.2) is 85.1 Å². The van der Waals surface area contributed by atoms with E-state index in [1.165, 1.54) is 122 Å². The van der Waals surface area contributed by atoms with Gasteiger partial charge in [0, 0.05) is 19.3 Å². The zero-order valence-corrected chi connectivity index (χ0v) is 43.2. The number of hydrogen-bond acceptors (Lipinski definition) is 6. The summed E-state index contributed by atoms with van der Waals surface area (Å²) in [5, 5.41) is 0. The minimum absolute atomic E-state index is 0.103. The molecule has 0 aliphatic heterocycles. The van der Waals surface area contributed by atoms with Gasteiger partial charge in [0.15, 0.2) is 6.10 Å². The van der Waals surface area contributed by atoms with Crippen LogP contribution in [-0.4, -0.2) is 37.2 Å². The van der Waals surface area contributed by atoms with Gasteiger partial charge in [-0.2, -0.15) is 0 Å². The SMILES string of the molecule is CC/C=C\C/C=C\C/C=C\CCCC(=O)OCC(COC(=O)CCCCCCCCC/C=C\CCCCCCCCCC)OC(=O)CCCCCCC\C=C/C=C\C=C/CCCCCCC. The molecule has 0 heterocycles. The van der Waals surface area contributed by atoms with Gasteiger partial charge in [0.25, 0.3) is 0 Å². The Morgan fingerprint density at radius 1 is 0.333 bits per heavy atom. The summed E-state index contributed by atoms with van der Waals surface area (Å²) in [6.07, 6.45) is 70.1. The molecule has 378 valence electrons. The van der Waals surface area contributed by atoms with E-state index >= 15 is 0 Å². The van der Waals surface area contributed by atoms with Crippen molar-refractivity contribution >= 4 is 17.9 Å². The molecule has 0 N–H and O–H groups in total. The largest absolute Gasteiger partial charge is 0.462 e. The summed E-state index contributed by atoms with van der Waals surface area (Å²) in [4.78, 5) is 38.0. The highest BCUT2D eigenvalue weighted by Gasteiger charge is 2.19. The molecule has 0 spiro atoms. The van der Waals surface area contributed by atoms with E-state index in [0.717, 1.165) is 89.9 Å². The number of carbonyl (C=O) groups excluding carboxylic acids is 3. The number of hydrogen-bond donors (Lipinski definition) is 0. The molecule has 0 aromatic rings. The summed E-state index contributed by atoms with van der Waals surface area (Å²) < 4.78 is 16.8. The molecule has 6 nitrogen and oxygen atoms in total. The second-order valence-corrected chi connectivity index (χ2v) is 18.2. The number of carbonyl (C=O) groups is 3. The zero-order valence-electron chi connectivity index (χ0n) is 43.2. The molecule has 0 aromatic heterocycles. The van der Waals surface area contributed by atoms with Crippen LogP contribution in [0.4, 0.5) is 0 Å². The summed E-state index contributed by atoms with van der Waals surface area (Å²) >= 11 is 0. The van der Waals surface area contributed by atoms with Crippen LogP contribution in [0.2, 0.25) is 0 Å². The van der Waals surface area contributed by atoms with Gasteiger partial charge < -0.3 is 14.2 Å². The lowest BCUT2D eigenvalue weighted by Gasteiger charge is -2.18. The fourth-order valence-corrected chi connectivity index (χ4v) is 7.52. The normalized spacial score (nSPS) is 12.7. The molecule has 0 rings (SSSR count). The molecule has 0 fully saturated rings. The van der Waals surface area contributed by atoms with Gasteiger partial charge in [0.2, 0.25) is 0 Å². The topological polar surface area (TPSA) is 78.9 Å². The first-order valence-electron chi connectivity index (χ1n) is 27.6. The maximum atomic E-state index is 12.8. The summed E-state index contributed by atoms with van der Waals surface area (Å²) in [5.41, 5.74) is 0. The van der Waals surface area contributed by atoms with Crippen molar-refractivity contribution in [3.05, 3.63) is 85.1 Å². The molecule has 0 radical (unpaired) electrons. The fraction of sp³-hybridized carbons (Fsp3) is 0.717. The minimum Gasteiger partial charge on any atom is -0.462 e. The van der Waals surface area contributed by atoms with Gasteiger partial charge in [0.1, 0.15) is 13.2 Å². The summed E-state index contributed by atoms with van der Waals surface area (Å²) in [5.74, 6) is -0.982. The van der Waals surface area contributed by atoms with Gasteiger partial charge in [0.05, 0.1) is 0 Å². The number of allylic oxidation sites excluding steroid dienone is 14. The number of esters is 3. The smallest absolute Gasteiger partial charge is 0.306 e. The highest BCUT2D eigenvalue weighted by Crippen LogP contribution is 2.14. The fourth-order valence-electron chi connectivity index (χ4n) is 7.52. The standard InChI is InChI=1S/C60H102O6/c1-4-7-10-13-16-19-22-24-26-28-30-32-33-35-38-41-44-47-50-53-59(62)65-56-57(55-64-58(61)52-49-46-43-40-37-21-18-15-12-9-6-3)66-60(63)54-51-48-45-42-39-36-34-31-29-27-25-23-20-17-14-11-8-5-2/h9,12,18,21,23,25,27-31,34,40,43,57H,4-8,10-11,13-17,19-20,22,24,26,32-33,35-39,41-42,44-56H2,1-3H3/b12-9-,21-18-,25-23-,29-27-,30-28-,34-31-,43-40-. The maximum absolute atomic E-state index is 12.8. The predicted octanol–water partition coefficient (Wildman–Crippen LogP) is 18.4. The van der Waals surface area contributed by atoms with Gasteiger partial charge in [-0.15, -0.1) is 0 Å². The Morgan fingerprint density at radius 3 is 1.12 bits per heavy atom. The lowest BCUT2D eigenvalue weighted by molar-refractivity contribution is -0.167. The minimum atomic E-state index is -0.809. The molecule has 0 saturated carbocycles. The Hall–Kier alpha value is -3.41.